The van der Waals surface area contributed by atoms with E-state index in [0.29, 0.717) is 11.4 Å². The van der Waals surface area contributed by atoms with Gasteiger partial charge in [-0.3, -0.25) is 15.8 Å². The van der Waals surface area contributed by atoms with E-state index in [-0.39, 0.29) is 5.92 Å². The maximum atomic E-state index is 8.98. The Labute approximate surface area is 319 Å². The number of benzene rings is 7. The zero-order valence-corrected chi connectivity index (χ0v) is 30.1. The van der Waals surface area contributed by atoms with Crippen LogP contribution < -0.4 is 15.9 Å². The molecule has 0 aliphatic heterocycles. The summed E-state index contributed by atoms with van der Waals surface area (Å²) in [5.74, 6) is 0.235. The van der Waals surface area contributed by atoms with Gasteiger partial charge < -0.3 is 0 Å². The molecule has 55 heavy (non-hydrogen) atoms. The number of nitrogens with zero attached hydrogens (tertiary/aromatic N) is 2. The summed E-state index contributed by atoms with van der Waals surface area (Å²) in [7, 11) is 0. The molecule has 4 heteroatoms. The first-order valence-corrected chi connectivity index (χ1v) is 18.7. The van der Waals surface area contributed by atoms with E-state index in [1.165, 1.54) is 59.4 Å². The van der Waals surface area contributed by atoms with Crippen LogP contribution in [0.25, 0.3) is 72.3 Å². The van der Waals surface area contributed by atoms with Crippen LogP contribution in [0.1, 0.15) is 23.5 Å². The van der Waals surface area contributed by atoms with Gasteiger partial charge in [0.15, 0.2) is 0 Å². The summed E-state index contributed by atoms with van der Waals surface area (Å²) in [4.78, 5) is 4.23. The first-order valence-electron chi connectivity index (χ1n) is 18.7. The Hall–Kier alpha value is -7.17. The van der Waals surface area contributed by atoms with Gasteiger partial charge in [0, 0.05) is 18.3 Å². The van der Waals surface area contributed by atoms with Crippen LogP contribution in [0.15, 0.2) is 181 Å². The minimum Gasteiger partial charge on any atom is -0.299 e. The molecule has 260 valence electrons. The lowest BCUT2D eigenvalue weighted by Crippen LogP contribution is -2.27. The number of hydrazone groups is 1. The highest BCUT2D eigenvalue weighted by atomic mass is 15.3. The molecule has 1 heterocycles. The van der Waals surface area contributed by atoms with Crippen LogP contribution in [0.3, 0.4) is 0 Å². The molecule has 7 aromatic carbocycles. The van der Waals surface area contributed by atoms with Crippen molar-refractivity contribution in [1.29, 1.82) is 5.41 Å². The summed E-state index contributed by atoms with van der Waals surface area (Å²) in [6, 6.07) is 52.0. The minimum absolute atomic E-state index is 0.235. The summed E-state index contributed by atoms with van der Waals surface area (Å²) in [5.41, 5.74) is 12.9. The van der Waals surface area contributed by atoms with E-state index in [2.05, 4.69) is 143 Å². The van der Waals surface area contributed by atoms with Crippen molar-refractivity contribution >= 4 is 67.2 Å². The van der Waals surface area contributed by atoms with E-state index >= 15 is 0 Å². The maximum Gasteiger partial charge on any atom is 0.108 e. The average molecular weight is 705 g/mol. The Morgan fingerprint density at radius 1 is 0.600 bits per heavy atom. The second kappa shape index (κ2) is 13.7. The summed E-state index contributed by atoms with van der Waals surface area (Å²) < 4.78 is 0. The van der Waals surface area contributed by atoms with Crippen molar-refractivity contribution in [2.45, 2.75) is 12.3 Å². The van der Waals surface area contributed by atoms with E-state index < -0.39 is 0 Å². The Kier molecular flexibility index (Phi) is 8.07. The zero-order valence-electron chi connectivity index (χ0n) is 30.1. The number of rotatable bonds is 6. The van der Waals surface area contributed by atoms with Crippen molar-refractivity contribution in [3.05, 3.63) is 198 Å². The molecule has 0 fully saturated rings. The molecule has 2 aliphatic carbocycles. The first kappa shape index (κ1) is 32.5. The molecule has 2 aliphatic rings. The number of pyridine rings is 1. The molecule has 8 aromatic rings. The molecule has 2 N–H and O–H groups in total. The standard InChI is InChI=1S/C51H36N4/c52-48-31-39(22-26-49(48)55-54-43-23-19-35(20-24-43)42-12-7-27-53-32-42)38-21-25-46-47(30-38)51(41-18-16-34-9-2-4-11-37(34)29-41)45-14-6-5-13-44(45)50(46)40-17-15-33-8-1-3-10-36(33)28-40/h1-16,18-32,40,52,54H,17H2/b52-48?,55-49-. The number of anilines is 1. The fraction of sp³-hybridized carbons (Fsp3) is 0.0392. The van der Waals surface area contributed by atoms with Gasteiger partial charge in [0.05, 0.1) is 11.4 Å². The SMILES string of the molecule is N=C1C=C(c2ccc3c(C4C=c5ccccc5=CC4)c4ccccc4c(-c4ccc5ccccc5c4)c3c2)C=C/C1=N/Nc1ccc(-c2cccnc2)cc1. The van der Waals surface area contributed by atoms with Gasteiger partial charge in [-0.25, -0.2) is 0 Å². The van der Waals surface area contributed by atoms with Crippen molar-refractivity contribution < 1.29 is 0 Å². The molecule has 0 radical (unpaired) electrons. The van der Waals surface area contributed by atoms with Gasteiger partial charge in [-0.05, 0) is 131 Å². The minimum atomic E-state index is 0.235. The highest BCUT2D eigenvalue weighted by Crippen LogP contribution is 2.45. The van der Waals surface area contributed by atoms with Crippen molar-refractivity contribution in [1.82, 2.24) is 4.98 Å². The van der Waals surface area contributed by atoms with E-state index in [4.69, 9.17) is 5.41 Å². The van der Waals surface area contributed by atoms with Gasteiger partial charge in [-0.2, -0.15) is 5.10 Å². The number of aromatic nitrogens is 1. The molecule has 4 nitrogen and oxygen atoms in total. The van der Waals surface area contributed by atoms with Gasteiger partial charge >= 0.3 is 0 Å². The summed E-state index contributed by atoms with van der Waals surface area (Å²) >= 11 is 0. The fourth-order valence-electron chi connectivity index (χ4n) is 8.24. The summed E-state index contributed by atoms with van der Waals surface area (Å²) in [6.07, 6.45) is 15.4. The number of hydrogen-bond acceptors (Lipinski definition) is 4. The van der Waals surface area contributed by atoms with Crippen LogP contribution in [0, 0.1) is 5.41 Å². The number of fused-ring (bicyclic) bond motifs is 4. The molecule has 0 saturated heterocycles. The normalized spacial score (nSPS) is 15.8. The lowest BCUT2D eigenvalue weighted by Gasteiger charge is -2.23. The third-order valence-electron chi connectivity index (χ3n) is 11.0. The van der Waals surface area contributed by atoms with E-state index in [1.54, 1.807) is 6.20 Å². The molecular weight excluding hydrogens is 669 g/mol. The third kappa shape index (κ3) is 6.04. The molecule has 0 saturated carbocycles. The first-order chi connectivity index (χ1) is 27.2. The van der Waals surface area contributed by atoms with E-state index in [1.807, 2.05) is 54.7 Å². The lowest BCUT2D eigenvalue weighted by atomic mass is 9.80. The quantitative estimate of drug-likeness (QED) is 0.103. The summed E-state index contributed by atoms with van der Waals surface area (Å²) in [5, 5.41) is 23.6. The number of allylic oxidation sites excluding steroid dienone is 4. The Bertz CT molecular complexity index is 3040. The van der Waals surface area contributed by atoms with Crippen molar-refractivity contribution in [2.75, 3.05) is 5.43 Å². The van der Waals surface area contributed by atoms with Crippen LogP contribution in [-0.4, -0.2) is 16.4 Å². The van der Waals surface area contributed by atoms with Crippen LogP contribution in [0.2, 0.25) is 0 Å². The number of hydrogen-bond donors (Lipinski definition) is 2. The molecule has 0 amide bonds. The van der Waals surface area contributed by atoms with E-state index in [9.17, 15) is 0 Å². The predicted molar refractivity (Wildman–Crippen MR) is 232 cm³/mol. The highest BCUT2D eigenvalue weighted by molar-refractivity contribution is 6.51. The molecule has 1 aromatic heterocycles. The van der Waals surface area contributed by atoms with Crippen LogP contribution in [0.4, 0.5) is 5.69 Å². The van der Waals surface area contributed by atoms with Crippen LogP contribution >= 0.6 is 0 Å². The average Bonchev–Trinajstić information content (AvgIpc) is 3.25. The maximum absolute atomic E-state index is 8.98. The second-order valence-electron chi connectivity index (χ2n) is 14.3. The predicted octanol–water partition coefficient (Wildman–Crippen LogP) is 11.1. The van der Waals surface area contributed by atoms with Gasteiger partial charge in [-0.1, -0.05) is 133 Å². The molecule has 0 bridgehead atoms. The Morgan fingerprint density at radius 3 is 2.18 bits per heavy atom. The third-order valence-corrected chi connectivity index (χ3v) is 11.0. The van der Waals surface area contributed by atoms with Crippen LogP contribution in [-0.2, 0) is 0 Å². The lowest BCUT2D eigenvalue weighted by molar-refractivity contribution is 0.940. The zero-order chi connectivity index (χ0) is 36.7. The second-order valence-corrected chi connectivity index (χ2v) is 14.3. The Morgan fingerprint density at radius 2 is 1.35 bits per heavy atom. The van der Waals surface area contributed by atoms with Crippen molar-refractivity contribution in [3.63, 3.8) is 0 Å². The van der Waals surface area contributed by atoms with Crippen LogP contribution in [0.5, 0.6) is 0 Å². The highest BCUT2D eigenvalue weighted by Gasteiger charge is 2.22. The van der Waals surface area contributed by atoms with Crippen molar-refractivity contribution in [2.24, 2.45) is 5.10 Å². The molecule has 0 spiro atoms. The smallest absolute Gasteiger partial charge is 0.108 e. The fourth-order valence-corrected chi connectivity index (χ4v) is 8.24. The monoisotopic (exact) mass is 704 g/mol. The van der Waals surface area contributed by atoms with Gasteiger partial charge in [0.1, 0.15) is 5.71 Å². The molecule has 1 unspecified atom stereocenters. The summed E-state index contributed by atoms with van der Waals surface area (Å²) in [6.45, 7) is 0. The molecule has 10 rings (SSSR count). The Balaban J connectivity index is 1.06. The topological polar surface area (TPSA) is 61.1 Å². The molecule has 1 atom stereocenters. The van der Waals surface area contributed by atoms with Crippen molar-refractivity contribution in [3.8, 4) is 22.3 Å². The van der Waals surface area contributed by atoms with E-state index in [0.717, 1.165) is 34.4 Å². The number of nitrogens with one attached hydrogen (secondary N) is 2. The van der Waals surface area contributed by atoms with Gasteiger partial charge in [-0.15, -0.1) is 0 Å². The molecular formula is C51H36N4. The largest absolute Gasteiger partial charge is 0.299 e. The van der Waals surface area contributed by atoms with Gasteiger partial charge in [0.25, 0.3) is 0 Å². The van der Waals surface area contributed by atoms with Gasteiger partial charge in [0.2, 0.25) is 0 Å².